The van der Waals surface area contributed by atoms with Crippen LogP contribution in [-0.4, -0.2) is 27.4 Å². The third-order valence-corrected chi connectivity index (χ3v) is 4.49. The van der Waals surface area contributed by atoms with Crippen molar-refractivity contribution >= 4 is 28.8 Å². The Morgan fingerprint density at radius 1 is 1.14 bits per heavy atom. The molecule has 3 heterocycles. The maximum absolute atomic E-state index is 12.8. The largest absolute Gasteiger partial charge is 0.493 e. The first-order chi connectivity index (χ1) is 14.0. The van der Waals surface area contributed by atoms with Gasteiger partial charge in [0, 0.05) is 23.4 Å². The molecule has 4 aromatic rings. The number of hydrogen-bond donors (Lipinski definition) is 1. The van der Waals surface area contributed by atoms with Gasteiger partial charge in [0.15, 0.2) is 11.5 Å². The van der Waals surface area contributed by atoms with Crippen LogP contribution in [0.1, 0.15) is 16.2 Å². The minimum absolute atomic E-state index is 0.294. The van der Waals surface area contributed by atoms with Gasteiger partial charge in [-0.2, -0.15) is 0 Å². The topological polar surface area (TPSA) is 77.8 Å². The standard InChI is InChI=1S/C21H17ClN4O3/c1-13-20(26-10-9-14(22)11-18(26)24-13)21(27)25-15-7-8-19(23-12-15)29-17-6-4-3-5-16(17)28-2/h3-12H,1-2H3,(H,25,27). The SMILES string of the molecule is COc1ccccc1Oc1ccc(NC(=O)c2c(C)nc3cc(Cl)ccn23)cn1. The Bertz CT molecular complexity index is 1190. The summed E-state index contributed by atoms with van der Waals surface area (Å²) >= 11 is 6.00. The number of pyridine rings is 2. The molecule has 0 aliphatic carbocycles. The summed E-state index contributed by atoms with van der Waals surface area (Å²) in [7, 11) is 1.57. The third kappa shape index (κ3) is 3.86. The molecule has 146 valence electrons. The lowest BCUT2D eigenvalue weighted by atomic mass is 10.3. The molecule has 0 aliphatic heterocycles. The second-order valence-electron chi connectivity index (χ2n) is 6.21. The second kappa shape index (κ2) is 7.81. The minimum atomic E-state index is -0.294. The Labute approximate surface area is 171 Å². The van der Waals surface area contributed by atoms with Gasteiger partial charge in [0.05, 0.1) is 24.7 Å². The van der Waals surface area contributed by atoms with E-state index in [1.54, 1.807) is 61.0 Å². The van der Waals surface area contributed by atoms with Crippen LogP contribution < -0.4 is 14.8 Å². The molecule has 1 aromatic carbocycles. The van der Waals surface area contributed by atoms with Crippen molar-refractivity contribution in [3.05, 3.63) is 77.3 Å². The van der Waals surface area contributed by atoms with Gasteiger partial charge in [-0.15, -0.1) is 0 Å². The molecular weight excluding hydrogens is 392 g/mol. The summed E-state index contributed by atoms with van der Waals surface area (Å²) in [5.74, 6) is 1.25. The van der Waals surface area contributed by atoms with E-state index in [1.807, 2.05) is 12.1 Å². The fourth-order valence-corrected chi connectivity index (χ4v) is 3.09. The Kier molecular flexibility index (Phi) is 5.05. The highest BCUT2D eigenvalue weighted by atomic mass is 35.5. The molecule has 0 atom stereocenters. The van der Waals surface area contributed by atoms with E-state index in [-0.39, 0.29) is 5.91 Å². The summed E-state index contributed by atoms with van der Waals surface area (Å²) in [6.45, 7) is 1.78. The Hall–Kier alpha value is -3.58. The van der Waals surface area contributed by atoms with Crippen LogP contribution in [0.25, 0.3) is 5.65 Å². The van der Waals surface area contributed by atoms with E-state index < -0.39 is 0 Å². The molecule has 7 nitrogen and oxygen atoms in total. The first-order valence-corrected chi connectivity index (χ1v) is 9.15. The van der Waals surface area contributed by atoms with E-state index in [9.17, 15) is 4.79 Å². The summed E-state index contributed by atoms with van der Waals surface area (Å²) in [5.41, 5.74) is 2.18. The number of fused-ring (bicyclic) bond motifs is 1. The molecule has 8 heteroatoms. The molecule has 0 saturated heterocycles. The number of nitrogens with zero attached hydrogens (tertiary/aromatic N) is 3. The van der Waals surface area contributed by atoms with Crippen LogP contribution in [0.3, 0.4) is 0 Å². The average molecular weight is 409 g/mol. The van der Waals surface area contributed by atoms with E-state index in [0.717, 1.165) is 0 Å². The zero-order valence-corrected chi connectivity index (χ0v) is 16.5. The van der Waals surface area contributed by atoms with E-state index >= 15 is 0 Å². The summed E-state index contributed by atoms with van der Waals surface area (Å²) in [6.07, 6.45) is 3.24. The van der Waals surface area contributed by atoms with Gasteiger partial charge in [-0.05, 0) is 31.2 Å². The van der Waals surface area contributed by atoms with Crippen LogP contribution >= 0.6 is 11.6 Å². The molecule has 3 aromatic heterocycles. The van der Waals surface area contributed by atoms with Crippen molar-refractivity contribution in [1.82, 2.24) is 14.4 Å². The molecule has 0 fully saturated rings. The lowest BCUT2D eigenvalue weighted by Crippen LogP contribution is -2.15. The number of aromatic nitrogens is 3. The molecular formula is C21H17ClN4O3. The van der Waals surface area contributed by atoms with Gasteiger partial charge in [0.25, 0.3) is 5.91 Å². The van der Waals surface area contributed by atoms with Crippen molar-refractivity contribution in [2.45, 2.75) is 6.92 Å². The summed E-state index contributed by atoms with van der Waals surface area (Å²) in [6, 6.07) is 14.1. The molecule has 0 aliphatic rings. The highest BCUT2D eigenvalue weighted by molar-refractivity contribution is 6.30. The molecule has 0 radical (unpaired) electrons. The number of anilines is 1. The Balaban J connectivity index is 1.52. The zero-order valence-electron chi connectivity index (χ0n) is 15.7. The van der Waals surface area contributed by atoms with E-state index in [1.165, 1.54) is 6.20 Å². The predicted molar refractivity (Wildman–Crippen MR) is 110 cm³/mol. The summed E-state index contributed by atoms with van der Waals surface area (Å²) in [4.78, 5) is 21.4. The first kappa shape index (κ1) is 18.8. The predicted octanol–water partition coefficient (Wildman–Crippen LogP) is 4.74. The van der Waals surface area contributed by atoms with Crippen LogP contribution in [0.5, 0.6) is 17.4 Å². The second-order valence-corrected chi connectivity index (χ2v) is 6.65. The monoisotopic (exact) mass is 408 g/mol. The average Bonchev–Trinajstić information content (AvgIpc) is 3.04. The molecule has 1 N–H and O–H groups in total. The van der Waals surface area contributed by atoms with Gasteiger partial charge in [-0.25, -0.2) is 9.97 Å². The van der Waals surface area contributed by atoms with Crippen molar-refractivity contribution < 1.29 is 14.3 Å². The molecule has 0 unspecified atom stereocenters. The normalized spacial score (nSPS) is 10.7. The number of para-hydroxylation sites is 2. The molecule has 0 spiro atoms. The van der Waals surface area contributed by atoms with Crippen LogP contribution in [0.15, 0.2) is 60.9 Å². The smallest absolute Gasteiger partial charge is 0.274 e. The number of hydrogen-bond acceptors (Lipinski definition) is 5. The number of benzene rings is 1. The molecule has 0 bridgehead atoms. The maximum Gasteiger partial charge on any atom is 0.274 e. The van der Waals surface area contributed by atoms with Gasteiger partial charge >= 0.3 is 0 Å². The van der Waals surface area contributed by atoms with Crippen molar-refractivity contribution in [3.63, 3.8) is 0 Å². The number of methoxy groups -OCH3 is 1. The molecule has 4 rings (SSSR count). The number of carbonyl (C=O) groups excluding carboxylic acids is 1. The highest BCUT2D eigenvalue weighted by Gasteiger charge is 2.17. The number of ether oxygens (including phenoxy) is 2. The lowest BCUT2D eigenvalue weighted by Gasteiger charge is -2.10. The Morgan fingerprint density at radius 3 is 2.66 bits per heavy atom. The van der Waals surface area contributed by atoms with E-state index in [2.05, 4.69) is 15.3 Å². The first-order valence-electron chi connectivity index (χ1n) is 8.77. The van der Waals surface area contributed by atoms with Gasteiger partial charge in [0.1, 0.15) is 11.3 Å². The van der Waals surface area contributed by atoms with Crippen LogP contribution in [0.2, 0.25) is 5.02 Å². The summed E-state index contributed by atoms with van der Waals surface area (Å²) in [5, 5.41) is 3.39. The quantitative estimate of drug-likeness (QED) is 0.516. The molecule has 0 saturated carbocycles. The zero-order chi connectivity index (χ0) is 20.4. The fraction of sp³-hybridized carbons (Fsp3) is 0.0952. The van der Waals surface area contributed by atoms with Crippen LogP contribution in [-0.2, 0) is 0 Å². The van der Waals surface area contributed by atoms with Gasteiger partial charge in [0.2, 0.25) is 5.88 Å². The number of aryl methyl sites for hydroxylation is 1. The third-order valence-electron chi connectivity index (χ3n) is 4.26. The van der Waals surface area contributed by atoms with E-state index in [4.69, 9.17) is 21.1 Å². The van der Waals surface area contributed by atoms with Crippen LogP contribution in [0, 0.1) is 6.92 Å². The number of rotatable bonds is 5. The van der Waals surface area contributed by atoms with E-state index in [0.29, 0.717) is 45.1 Å². The van der Waals surface area contributed by atoms with Gasteiger partial charge < -0.3 is 14.8 Å². The van der Waals surface area contributed by atoms with Crippen molar-refractivity contribution in [3.8, 4) is 17.4 Å². The van der Waals surface area contributed by atoms with Gasteiger partial charge in [-0.3, -0.25) is 9.20 Å². The number of nitrogens with one attached hydrogen (secondary N) is 1. The van der Waals surface area contributed by atoms with Crippen LogP contribution in [0.4, 0.5) is 5.69 Å². The lowest BCUT2D eigenvalue weighted by molar-refractivity contribution is 0.102. The highest BCUT2D eigenvalue weighted by Crippen LogP contribution is 2.30. The number of carbonyl (C=O) groups is 1. The molecule has 29 heavy (non-hydrogen) atoms. The van der Waals surface area contributed by atoms with Crippen molar-refractivity contribution in [2.24, 2.45) is 0 Å². The minimum Gasteiger partial charge on any atom is -0.493 e. The van der Waals surface area contributed by atoms with Gasteiger partial charge in [-0.1, -0.05) is 23.7 Å². The van der Waals surface area contributed by atoms with Crippen molar-refractivity contribution in [2.75, 3.05) is 12.4 Å². The number of halogens is 1. The Morgan fingerprint density at radius 2 is 1.93 bits per heavy atom. The fourth-order valence-electron chi connectivity index (χ4n) is 2.93. The number of imidazole rings is 1. The number of amides is 1. The maximum atomic E-state index is 12.8. The molecule has 1 amide bonds. The summed E-state index contributed by atoms with van der Waals surface area (Å²) < 4.78 is 12.7. The van der Waals surface area contributed by atoms with Crippen molar-refractivity contribution in [1.29, 1.82) is 0 Å².